The molecule has 3 heterocycles. The predicted molar refractivity (Wildman–Crippen MR) is 64.7 cm³/mol. The fourth-order valence-electron chi connectivity index (χ4n) is 2.09. The van der Waals surface area contributed by atoms with Crippen LogP contribution in [0.25, 0.3) is 5.78 Å². The van der Waals surface area contributed by atoms with Crippen molar-refractivity contribution >= 4 is 5.78 Å². The molecule has 7 nitrogen and oxygen atoms in total. The Morgan fingerprint density at radius 3 is 3.22 bits per heavy atom. The molecule has 0 amide bonds. The van der Waals surface area contributed by atoms with E-state index in [-0.39, 0.29) is 11.7 Å². The van der Waals surface area contributed by atoms with Crippen LogP contribution in [0.15, 0.2) is 10.9 Å². The van der Waals surface area contributed by atoms with Crippen LogP contribution in [0.1, 0.15) is 11.5 Å². The number of morpholine rings is 1. The summed E-state index contributed by atoms with van der Waals surface area (Å²) in [6.45, 7) is 4.18. The first-order valence-electron chi connectivity index (χ1n) is 6.00. The molecule has 96 valence electrons. The zero-order valence-corrected chi connectivity index (χ0v) is 10.1. The highest BCUT2D eigenvalue weighted by Crippen LogP contribution is 2.04. The maximum Gasteiger partial charge on any atom is 0.274 e. The first kappa shape index (κ1) is 11.4. The molecule has 2 N–H and O–H groups in total. The van der Waals surface area contributed by atoms with Crippen molar-refractivity contribution in [2.75, 3.05) is 19.7 Å². The van der Waals surface area contributed by atoms with Crippen LogP contribution in [-0.4, -0.2) is 45.4 Å². The molecule has 1 saturated heterocycles. The molecule has 1 aliphatic heterocycles. The van der Waals surface area contributed by atoms with Crippen molar-refractivity contribution in [1.29, 1.82) is 0 Å². The second kappa shape index (κ2) is 4.51. The standard InChI is InChI=1S/C11H15N5O2/c1-7-4-10(17)16-11(13-7)14-9(15-16)5-8-6-12-2-3-18-8/h4,8,12H,2-3,5-6H2,1H3,(H,13,14,15). The Kier molecular flexibility index (Phi) is 2.85. The molecule has 3 rings (SSSR count). The van der Waals surface area contributed by atoms with Crippen LogP contribution in [0.2, 0.25) is 0 Å². The van der Waals surface area contributed by atoms with E-state index in [2.05, 4.69) is 20.4 Å². The van der Waals surface area contributed by atoms with Gasteiger partial charge in [-0.15, -0.1) is 0 Å². The Balaban J connectivity index is 1.88. The fourth-order valence-corrected chi connectivity index (χ4v) is 2.09. The lowest BCUT2D eigenvalue weighted by atomic mass is 10.2. The predicted octanol–water partition coefficient (Wildman–Crippen LogP) is -0.743. The molecule has 1 fully saturated rings. The normalized spacial score (nSPS) is 20.4. The molecule has 2 aromatic heterocycles. The first-order valence-corrected chi connectivity index (χ1v) is 6.00. The molecular weight excluding hydrogens is 234 g/mol. The third-order valence-corrected chi connectivity index (χ3v) is 2.93. The summed E-state index contributed by atoms with van der Waals surface area (Å²) in [6.07, 6.45) is 0.741. The van der Waals surface area contributed by atoms with Gasteiger partial charge in [0.05, 0.1) is 12.7 Å². The van der Waals surface area contributed by atoms with Crippen LogP contribution in [0.4, 0.5) is 0 Å². The number of nitrogens with zero attached hydrogens (tertiary/aromatic N) is 3. The Morgan fingerprint density at radius 1 is 1.56 bits per heavy atom. The van der Waals surface area contributed by atoms with E-state index in [1.807, 2.05) is 0 Å². The van der Waals surface area contributed by atoms with Gasteiger partial charge in [0.25, 0.3) is 11.3 Å². The van der Waals surface area contributed by atoms with E-state index in [9.17, 15) is 4.79 Å². The molecule has 0 aromatic carbocycles. The van der Waals surface area contributed by atoms with Crippen LogP contribution in [0.5, 0.6) is 0 Å². The number of H-pyrrole nitrogens is 1. The zero-order chi connectivity index (χ0) is 12.5. The zero-order valence-electron chi connectivity index (χ0n) is 10.1. The Labute approximate surface area is 103 Å². The summed E-state index contributed by atoms with van der Waals surface area (Å²) >= 11 is 0. The van der Waals surface area contributed by atoms with E-state index >= 15 is 0 Å². The van der Waals surface area contributed by atoms with E-state index in [1.54, 1.807) is 6.92 Å². The second-order valence-electron chi connectivity index (χ2n) is 4.44. The van der Waals surface area contributed by atoms with E-state index < -0.39 is 0 Å². The van der Waals surface area contributed by atoms with Crippen molar-refractivity contribution in [1.82, 2.24) is 24.9 Å². The quantitative estimate of drug-likeness (QED) is 0.732. The van der Waals surface area contributed by atoms with Gasteiger partial charge >= 0.3 is 0 Å². The number of ether oxygens (including phenoxy) is 1. The Morgan fingerprint density at radius 2 is 2.44 bits per heavy atom. The summed E-state index contributed by atoms with van der Waals surface area (Å²) in [5, 5.41) is 6.22. The smallest absolute Gasteiger partial charge is 0.274 e. The molecule has 18 heavy (non-hydrogen) atoms. The van der Waals surface area contributed by atoms with Crippen molar-refractivity contribution < 1.29 is 4.74 Å². The molecule has 2 aromatic rings. The average molecular weight is 249 g/mol. The van der Waals surface area contributed by atoms with E-state index in [0.717, 1.165) is 18.9 Å². The van der Waals surface area contributed by atoms with Crippen molar-refractivity contribution in [2.45, 2.75) is 19.4 Å². The minimum Gasteiger partial charge on any atom is -0.375 e. The fraction of sp³-hybridized carbons (Fsp3) is 0.545. The lowest BCUT2D eigenvalue weighted by molar-refractivity contribution is 0.0281. The minimum absolute atomic E-state index is 0.0936. The number of aromatic amines is 1. The molecule has 1 unspecified atom stereocenters. The number of aryl methyl sites for hydroxylation is 1. The van der Waals surface area contributed by atoms with Crippen LogP contribution in [0, 0.1) is 6.92 Å². The summed E-state index contributed by atoms with van der Waals surface area (Å²) in [4.78, 5) is 20.2. The Bertz CT molecular complexity index is 611. The second-order valence-corrected chi connectivity index (χ2v) is 4.44. The molecule has 0 bridgehead atoms. The average Bonchev–Trinajstić information content (AvgIpc) is 2.73. The molecule has 0 aliphatic carbocycles. The highest BCUT2D eigenvalue weighted by molar-refractivity contribution is 5.27. The van der Waals surface area contributed by atoms with E-state index in [1.165, 1.54) is 10.6 Å². The monoisotopic (exact) mass is 249 g/mol. The summed E-state index contributed by atoms with van der Waals surface area (Å²) in [5.41, 5.74) is 0.535. The van der Waals surface area contributed by atoms with Gasteiger partial charge in [-0.1, -0.05) is 0 Å². The van der Waals surface area contributed by atoms with Crippen LogP contribution in [-0.2, 0) is 11.2 Å². The van der Waals surface area contributed by atoms with Gasteiger partial charge in [0.2, 0.25) is 0 Å². The van der Waals surface area contributed by atoms with Crippen LogP contribution >= 0.6 is 0 Å². The number of hydrogen-bond acceptors (Lipinski definition) is 5. The van der Waals surface area contributed by atoms with Gasteiger partial charge in [0.1, 0.15) is 5.82 Å². The van der Waals surface area contributed by atoms with Crippen molar-refractivity contribution in [2.24, 2.45) is 0 Å². The molecule has 1 aliphatic rings. The molecule has 0 spiro atoms. The van der Waals surface area contributed by atoms with Gasteiger partial charge in [0, 0.05) is 31.3 Å². The number of aromatic nitrogens is 4. The SMILES string of the molecule is Cc1cc(=O)n2[nH]c(CC3CNCCO3)nc2n1. The van der Waals surface area contributed by atoms with Crippen molar-refractivity contribution in [3.05, 3.63) is 27.9 Å². The van der Waals surface area contributed by atoms with Gasteiger partial charge in [-0.2, -0.15) is 9.50 Å². The van der Waals surface area contributed by atoms with Crippen molar-refractivity contribution in [3.8, 4) is 0 Å². The minimum atomic E-state index is -0.140. The van der Waals surface area contributed by atoms with Crippen molar-refractivity contribution in [3.63, 3.8) is 0 Å². The molecular formula is C11H15N5O2. The van der Waals surface area contributed by atoms with E-state index in [4.69, 9.17) is 4.74 Å². The first-order chi connectivity index (χ1) is 8.72. The lowest BCUT2D eigenvalue weighted by Gasteiger charge is -2.22. The van der Waals surface area contributed by atoms with E-state index in [0.29, 0.717) is 24.5 Å². The highest BCUT2D eigenvalue weighted by atomic mass is 16.5. The van der Waals surface area contributed by atoms with Gasteiger partial charge in [0.15, 0.2) is 0 Å². The summed E-state index contributed by atoms with van der Waals surface area (Å²) in [6, 6.07) is 1.48. The third kappa shape index (κ3) is 2.14. The number of nitrogens with one attached hydrogen (secondary N) is 2. The Hall–Kier alpha value is -1.73. The summed E-state index contributed by atoms with van der Waals surface area (Å²) in [5.74, 6) is 1.14. The summed E-state index contributed by atoms with van der Waals surface area (Å²) in [7, 11) is 0. The lowest BCUT2D eigenvalue weighted by Crippen LogP contribution is -2.39. The number of rotatable bonds is 2. The largest absolute Gasteiger partial charge is 0.375 e. The topological polar surface area (TPSA) is 84.3 Å². The molecule has 7 heteroatoms. The van der Waals surface area contributed by atoms with Gasteiger partial charge in [-0.3, -0.25) is 9.89 Å². The van der Waals surface area contributed by atoms with Crippen LogP contribution < -0.4 is 10.9 Å². The molecule has 0 radical (unpaired) electrons. The summed E-state index contributed by atoms with van der Waals surface area (Å²) < 4.78 is 6.96. The maximum atomic E-state index is 11.7. The molecule has 0 saturated carbocycles. The number of hydrogen-bond donors (Lipinski definition) is 2. The van der Waals surface area contributed by atoms with Crippen LogP contribution in [0.3, 0.4) is 0 Å². The highest BCUT2D eigenvalue weighted by Gasteiger charge is 2.16. The van der Waals surface area contributed by atoms with Gasteiger partial charge in [-0.25, -0.2) is 4.98 Å². The molecule has 1 atom stereocenters. The number of fused-ring (bicyclic) bond motifs is 1. The maximum absolute atomic E-state index is 11.7. The third-order valence-electron chi connectivity index (χ3n) is 2.93. The van der Waals surface area contributed by atoms with Gasteiger partial charge in [-0.05, 0) is 6.92 Å². The van der Waals surface area contributed by atoms with Gasteiger partial charge < -0.3 is 10.1 Å².